The zero-order valence-electron chi connectivity index (χ0n) is 13.3. The number of carbonyl (C=O) groups excluding carboxylic acids is 1. The van der Waals surface area contributed by atoms with Crippen molar-refractivity contribution >= 4 is 17.5 Å². The van der Waals surface area contributed by atoms with Crippen LogP contribution in [0.3, 0.4) is 0 Å². The number of hydrogen-bond acceptors (Lipinski definition) is 2. The molecule has 0 bridgehead atoms. The van der Waals surface area contributed by atoms with E-state index in [2.05, 4.69) is 19.2 Å². The topological polar surface area (TPSA) is 32.3 Å². The number of rotatable bonds is 5. The van der Waals surface area contributed by atoms with Crippen LogP contribution >= 0.6 is 11.6 Å². The molecule has 1 aliphatic rings. The summed E-state index contributed by atoms with van der Waals surface area (Å²) in [5.74, 6) is 1.10. The maximum Gasteiger partial charge on any atom is 0.225 e. The van der Waals surface area contributed by atoms with Crippen molar-refractivity contribution in [3.8, 4) is 0 Å². The van der Waals surface area contributed by atoms with Gasteiger partial charge < -0.3 is 10.2 Å². The van der Waals surface area contributed by atoms with Crippen molar-refractivity contribution in [1.29, 1.82) is 0 Å². The van der Waals surface area contributed by atoms with Gasteiger partial charge in [0.2, 0.25) is 5.91 Å². The predicted octanol–water partition coefficient (Wildman–Crippen LogP) is 3.15. The fourth-order valence-electron chi connectivity index (χ4n) is 2.77. The van der Waals surface area contributed by atoms with Crippen LogP contribution in [0.15, 0.2) is 24.3 Å². The monoisotopic (exact) mass is 308 g/mol. The quantitative estimate of drug-likeness (QED) is 0.906. The van der Waals surface area contributed by atoms with Crippen LogP contribution in [-0.4, -0.2) is 37.0 Å². The lowest BCUT2D eigenvalue weighted by Gasteiger charge is -2.37. The maximum absolute atomic E-state index is 12.6. The van der Waals surface area contributed by atoms with Crippen LogP contribution in [0.1, 0.15) is 32.3 Å². The van der Waals surface area contributed by atoms with Crippen LogP contribution in [0.4, 0.5) is 0 Å². The highest BCUT2D eigenvalue weighted by Crippen LogP contribution is 2.26. The lowest BCUT2D eigenvalue weighted by Crippen LogP contribution is -2.51. The molecule has 3 nitrogen and oxygen atoms in total. The molecule has 1 aromatic carbocycles. The zero-order chi connectivity index (χ0) is 15.6. The maximum atomic E-state index is 12.6. The Morgan fingerprint density at radius 1 is 1.24 bits per heavy atom. The molecule has 2 rings (SSSR count). The van der Waals surface area contributed by atoms with Gasteiger partial charge in [-0.1, -0.05) is 37.6 Å². The molecule has 21 heavy (non-hydrogen) atoms. The van der Waals surface area contributed by atoms with Gasteiger partial charge in [0.1, 0.15) is 0 Å². The largest absolute Gasteiger partial charge is 0.342 e. The normalized spacial score (nSPS) is 19.5. The number of nitrogens with zero attached hydrogens (tertiary/aromatic N) is 1. The summed E-state index contributed by atoms with van der Waals surface area (Å²) in [4.78, 5) is 14.5. The van der Waals surface area contributed by atoms with E-state index in [1.54, 1.807) is 0 Å². The number of carbonyl (C=O) groups is 1. The number of amides is 1. The number of hydrogen-bond donors (Lipinski definition) is 1. The Balaban J connectivity index is 2.01. The van der Waals surface area contributed by atoms with Crippen molar-refractivity contribution < 1.29 is 4.79 Å². The van der Waals surface area contributed by atoms with Crippen molar-refractivity contribution in [3.05, 3.63) is 34.9 Å². The van der Waals surface area contributed by atoms with Gasteiger partial charge in [-0.05, 0) is 43.6 Å². The van der Waals surface area contributed by atoms with Crippen LogP contribution in [0.5, 0.6) is 0 Å². The van der Waals surface area contributed by atoms with Gasteiger partial charge in [-0.25, -0.2) is 0 Å². The highest BCUT2D eigenvalue weighted by molar-refractivity contribution is 6.30. The Kier molecular flexibility index (Phi) is 5.28. The van der Waals surface area contributed by atoms with E-state index < -0.39 is 0 Å². The fraction of sp³-hybridized carbons (Fsp3) is 0.588. The van der Waals surface area contributed by atoms with E-state index in [9.17, 15) is 4.79 Å². The van der Waals surface area contributed by atoms with Crippen molar-refractivity contribution in [1.82, 2.24) is 10.2 Å². The minimum atomic E-state index is 0.0936. The Labute approximate surface area is 132 Å². The molecule has 1 N–H and O–H groups in total. The molecule has 3 unspecified atom stereocenters. The first kappa shape index (κ1) is 16.3. The molecule has 0 saturated carbocycles. The van der Waals surface area contributed by atoms with Gasteiger partial charge in [-0.15, -0.1) is 0 Å². The van der Waals surface area contributed by atoms with E-state index in [0.717, 1.165) is 18.1 Å². The predicted molar refractivity (Wildman–Crippen MR) is 87.6 cm³/mol. The third-order valence-electron chi connectivity index (χ3n) is 4.99. The minimum absolute atomic E-state index is 0.0936. The second-order valence-corrected chi connectivity index (χ2v) is 6.67. The standard InChI is InChI=1S/C17H25ClN2O/c1-11(14-5-7-16(18)8-6-14)13(3)20(4)17(21)12(2)15-9-19-10-15/h5-8,11-13,15,19H,9-10H2,1-4H3. The summed E-state index contributed by atoms with van der Waals surface area (Å²) < 4.78 is 0. The molecule has 116 valence electrons. The lowest BCUT2D eigenvalue weighted by molar-refractivity contribution is -0.138. The van der Waals surface area contributed by atoms with Crippen LogP contribution in [0.25, 0.3) is 0 Å². The number of nitrogens with one attached hydrogen (secondary N) is 1. The van der Waals surface area contributed by atoms with Gasteiger partial charge in [0.15, 0.2) is 0 Å². The summed E-state index contributed by atoms with van der Waals surface area (Å²) in [5, 5.41) is 3.98. The molecule has 1 fully saturated rings. The third kappa shape index (κ3) is 3.58. The summed E-state index contributed by atoms with van der Waals surface area (Å²) in [5.41, 5.74) is 1.21. The average Bonchev–Trinajstić information content (AvgIpc) is 2.43. The Morgan fingerprint density at radius 3 is 2.29 bits per heavy atom. The SMILES string of the molecule is CC(C(=O)N(C)C(C)C(C)c1ccc(Cl)cc1)C1CNC1. The third-order valence-corrected chi connectivity index (χ3v) is 5.24. The first-order valence-electron chi connectivity index (χ1n) is 7.64. The van der Waals surface area contributed by atoms with Gasteiger partial charge in [-0.2, -0.15) is 0 Å². The van der Waals surface area contributed by atoms with E-state index in [1.165, 1.54) is 5.56 Å². The second-order valence-electron chi connectivity index (χ2n) is 6.24. The Hall–Kier alpha value is -1.06. The molecule has 0 spiro atoms. The summed E-state index contributed by atoms with van der Waals surface area (Å²) >= 11 is 5.94. The molecule has 1 saturated heterocycles. The number of likely N-dealkylation sites (N-methyl/N-ethyl adjacent to an activating group) is 1. The molecule has 4 heteroatoms. The fourth-order valence-corrected chi connectivity index (χ4v) is 2.89. The average molecular weight is 309 g/mol. The molecule has 0 aliphatic carbocycles. The summed E-state index contributed by atoms with van der Waals surface area (Å²) in [6.45, 7) is 8.24. The highest BCUT2D eigenvalue weighted by Gasteiger charge is 2.33. The smallest absolute Gasteiger partial charge is 0.225 e. The minimum Gasteiger partial charge on any atom is -0.342 e. The van der Waals surface area contributed by atoms with Gasteiger partial charge >= 0.3 is 0 Å². The van der Waals surface area contributed by atoms with Crippen molar-refractivity contribution in [3.63, 3.8) is 0 Å². The van der Waals surface area contributed by atoms with E-state index in [-0.39, 0.29) is 23.8 Å². The highest BCUT2D eigenvalue weighted by atomic mass is 35.5. The lowest BCUT2D eigenvalue weighted by atomic mass is 9.86. The van der Waals surface area contributed by atoms with Gasteiger partial charge in [-0.3, -0.25) is 4.79 Å². The van der Waals surface area contributed by atoms with Gasteiger partial charge in [0.25, 0.3) is 0 Å². The molecule has 0 aromatic heterocycles. The van der Waals surface area contributed by atoms with Crippen molar-refractivity contribution in [2.75, 3.05) is 20.1 Å². The van der Waals surface area contributed by atoms with E-state index in [1.807, 2.05) is 43.1 Å². The molecule has 1 aliphatic heterocycles. The van der Waals surface area contributed by atoms with E-state index >= 15 is 0 Å². The molecule has 3 atom stereocenters. The van der Waals surface area contributed by atoms with E-state index in [4.69, 9.17) is 11.6 Å². The number of halogens is 1. The summed E-state index contributed by atoms with van der Waals surface area (Å²) in [7, 11) is 1.92. The molecule has 0 radical (unpaired) electrons. The molecule has 1 aromatic rings. The number of benzene rings is 1. The van der Waals surface area contributed by atoms with Crippen LogP contribution in [0, 0.1) is 11.8 Å². The Morgan fingerprint density at radius 2 is 1.81 bits per heavy atom. The van der Waals surface area contributed by atoms with Crippen molar-refractivity contribution in [2.45, 2.75) is 32.7 Å². The van der Waals surface area contributed by atoms with Crippen LogP contribution in [-0.2, 0) is 4.79 Å². The first-order valence-corrected chi connectivity index (χ1v) is 8.02. The molecular weight excluding hydrogens is 284 g/mol. The van der Waals surface area contributed by atoms with Gasteiger partial charge in [0, 0.05) is 29.9 Å². The molecular formula is C17H25ClN2O. The molecule has 1 amide bonds. The summed E-state index contributed by atoms with van der Waals surface area (Å²) in [6.07, 6.45) is 0. The van der Waals surface area contributed by atoms with Gasteiger partial charge in [0.05, 0.1) is 0 Å². The van der Waals surface area contributed by atoms with Crippen LogP contribution < -0.4 is 5.32 Å². The second kappa shape index (κ2) is 6.80. The summed E-state index contributed by atoms with van der Waals surface area (Å²) in [6, 6.07) is 8.06. The van der Waals surface area contributed by atoms with Crippen LogP contribution in [0.2, 0.25) is 5.02 Å². The van der Waals surface area contributed by atoms with E-state index in [0.29, 0.717) is 5.92 Å². The first-order chi connectivity index (χ1) is 9.91. The molecule has 1 heterocycles. The van der Waals surface area contributed by atoms with Crippen molar-refractivity contribution in [2.24, 2.45) is 11.8 Å². The zero-order valence-corrected chi connectivity index (χ0v) is 14.0. The Bertz CT molecular complexity index is 484.